The van der Waals surface area contributed by atoms with Crippen LogP contribution in [0.3, 0.4) is 0 Å². The summed E-state index contributed by atoms with van der Waals surface area (Å²) in [5, 5.41) is 1.56. The SMILES string of the molecule is CCOC(=O)c1ccc2c(c1)nc(-c1ccc3nc(-c4ccccc4)cc(Cl)c3c1)n2C1CCCCC1. The van der Waals surface area contributed by atoms with Crippen LogP contribution in [0.15, 0.2) is 72.8 Å². The first-order valence-corrected chi connectivity index (χ1v) is 13.4. The Hall–Kier alpha value is -3.70. The molecule has 5 nitrogen and oxygen atoms in total. The summed E-state index contributed by atoms with van der Waals surface area (Å²) >= 11 is 6.81. The number of hydrogen-bond acceptors (Lipinski definition) is 4. The third-order valence-corrected chi connectivity index (χ3v) is 7.54. The number of halogens is 1. The Balaban J connectivity index is 1.49. The van der Waals surface area contributed by atoms with Crippen molar-refractivity contribution in [1.29, 1.82) is 0 Å². The van der Waals surface area contributed by atoms with Gasteiger partial charge in [-0.15, -0.1) is 0 Å². The van der Waals surface area contributed by atoms with Gasteiger partial charge >= 0.3 is 5.97 Å². The molecule has 1 saturated carbocycles. The van der Waals surface area contributed by atoms with Gasteiger partial charge in [-0.05, 0) is 62.2 Å². The Morgan fingerprint density at radius 2 is 1.73 bits per heavy atom. The lowest BCUT2D eigenvalue weighted by atomic mass is 9.94. The van der Waals surface area contributed by atoms with Gasteiger partial charge < -0.3 is 9.30 Å². The number of hydrogen-bond donors (Lipinski definition) is 0. The summed E-state index contributed by atoms with van der Waals surface area (Å²) in [4.78, 5) is 22.3. The van der Waals surface area contributed by atoms with Crippen LogP contribution in [-0.2, 0) is 4.74 Å². The average molecular weight is 510 g/mol. The van der Waals surface area contributed by atoms with Crippen LogP contribution in [-0.4, -0.2) is 27.1 Å². The second-order valence-corrected chi connectivity index (χ2v) is 10.0. The lowest BCUT2D eigenvalue weighted by molar-refractivity contribution is 0.0526. The van der Waals surface area contributed by atoms with Crippen molar-refractivity contribution in [2.24, 2.45) is 0 Å². The van der Waals surface area contributed by atoms with E-state index in [1.165, 1.54) is 19.3 Å². The molecule has 6 rings (SSSR count). The number of ether oxygens (including phenoxy) is 1. The number of benzene rings is 3. The fraction of sp³-hybridized carbons (Fsp3) is 0.258. The van der Waals surface area contributed by atoms with Crippen LogP contribution in [0.4, 0.5) is 0 Å². The van der Waals surface area contributed by atoms with Gasteiger partial charge in [0.2, 0.25) is 0 Å². The van der Waals surface area contributed by atoms with Crippen molar-refractivity contribution in [3.05, 3.63) is 83.4 Å². The first kappa shape index (κ1) is 23.7. The van der Waals surface area contributed by atoms with E-state index < -0.39 is 0 Å². The quantitative estimate of drug-likeness (QED) is 0.224. The number of carbonyl (C=O) groups is 1. The maximum atomic E-state index is 12.4. The second kappa shape index (κ2) is 9.98. The Labute approximate surface area is 221 Å². The molecular formula is C31H28ClN3O2. The second-order valence-electron chi connectivity index (χ2n) is 9.61. The molecule has 2 aromatic heterocycles. The van der Waals surface area contributed by atoms with Gasteiger partial charge in [-0.2, -0.15) is 0 Å². The van der Waals surface area contributed by atoms with E-state index in [4.69, 9.17) is 26.3 Å². The molecule has 3 aromatic carbocycles. The normalized spacial score (nSPS) is 14.3. The summed E-state index contributed by atoms with van der Waals surface area (Å²) in [5.74, 6) is 0.573. The molecule has 186 valence electrons. The zero-order valence-corrected chi connectivity index (χ0v) is 21.5. The number of carbonyl (C=O) groups excluding carboxylic acids is 1. The van der Waals surface area contributed by atoms with Crippen LogP contribution in [0.25, 0.3) is 44.6 Å². The van der Waals surface area contributed by atoms with E-state index >= 15 is 0 Å². The first-order chi connectivity index (χ1) is 18.1. The van der Waals surface area contributed by atoms with Gasteiger partial charge in [0.05, 0.1) is 39.4 Å². The Kier molecular flexibility index (Phi) is 6.39. The number of imidazole rings is 1. The first-order valence-electron chi connectivity index (χ1n) is 13.0. The molecule has 6 heteroatoms. The maximum Gasteiger partial charge on any atom is 0.338 e. The molecule has 1 fully saturated rings. The molecule has 0 radical (unpaired) electrons. The highest BCUT2D eigenvalue weighted by Crippen LogP contribution is 2.38. The molecule has 0 aliphatic heterocycles. The van der Waals surface area contributed by atoms with E-state index in [1.54, 1.807) is 0 Å². The van der Waals surface area contributed by atoms with Crippen LogP contribution in [0, 0.1) is 0 Å². The number of aromatic nitrogens is 3. The van der Waals surface area contributed by atoms with E-state index in [0.717, 1.165) is 57.4 Å². The monoisotopic (exact) mass is 509 g/mol. The van der Waals surface area contributed by atoms with Gasteiger partial charge in [-0.1, -0.05) is 61.2 Å². The predicted molar refractivity (Wildman–Crippen MR) is 149 cm³/mol. The average Bonchev–Trinajstić information content (AvgIpc) is 3.33. The highest BCUT2D eigenvalue weighted by molar-refractivity contribution is 6.35. The molecule has 5 aromatic rings. The van der Waals surface area contributed by atoms with E-state index in [0.29, 0.717) is 23.2 Å². The highest BCUT2D eigenvalue weighted by Gasteiger charge is 2.23. The summed E-state index contributed by atoms with van der Waals surface area (Å²) in [5.41, 5.74) is 6.09. The van der Waals surface area contributed by atoms with Crippen LogP contribution < -0.4 is 0 Å². The third kappa shape index (κ3) is 4.49. The van der Waals surface area contributed by atoms with Gasteiger partial charge in [0.1, 0.15) is 5.82 Å². The van der Waals surface area contributed by atoms with E-state index in [2.05, 4.69) is 16.7 Å². The minimum absolute atomic E-state index is 0.323. The number of esters is 1. The summed E-state index contributed by atoms with van der Waals surface area (Å²) in [6, 6.07) is 24.3. The molecule has 0 saturated heterocycles. The van der Waals surface area contributed by atoms with Crippen LogP contribution >= 0.6 is 11.6 Å². The van der Waals surface area contributed by atoms with Crippen LogP contribution in [0.5, 0.6) is 0 Å². The van der Waals surface area contributed by atoms with E-state index in [-0.39, 0.29) is 5.97 Å². The lowest BCUT2D eigenvalue weighted by Crippen LogP contribution is -2.14. The van der Waals surface area contributed by atoms with Crippen LogP contribution in [0.2, 0.25) is 5.02 Å². The largest absolute Gasteiger partial charge is 0.462 e. The molecule has 2 heterocycles. The fourth-order valence-electron chi connectivity index (χ4n) is 5.43. The molecule has 37 heavy (non-hydrogen) atoms. The van der Waals surface area contributed by atoms with Crippen LogP contribution in [0.1, 0.15) is 55.4 Å². The van der Waals surface area contributed by atoms with Crippen molar-refractivity contribution in [2.45, 2.75) is 45.1 Å². The standard InChI is InChI=1S/C31H28ClN3O2/c1-2-37-31(36)22-14-16-29-28(18-22)34-30(35(29)23-11-7-4-8-12-23)21-13-15-26-24(17-21)25(32)19-27(33-26)20-9-5-3-6-10-20/h3,5-6,9-10,13-19,23H,2,4,7-8,11-12H2,1H3. The Morgan fingerprint density at radius 1 is 0.919 bits per heavy atom. The molecule has 0 bridgehead atoms. The van der Waals surface area contributed by atoms with Crippen molar-refractivity contribution in [2.75, 3.05) is 6.61 Å². The molecular weight excluding hydrogens is 482 g/mol. The predicted octanol–water partition coefficient (Wildman–Crippen LogP) is 8.25. The molecule has 0 unspecified atom stereocenters. The summed E-state index contributed by atoms with van der Waals surface area (Å²) in [6.07, 6.45) is 5.93. The van der Waals surface area contributed by atoms with Gasteiger partial charge in [-0.25, -0.2) is 14.8 Å². The van der Waals surface area contributed by atoms with Gasteiger partial charge in [-0.3, -0.25) is 0 Å². The van der Waals surface area contributed by atoms with Crippen molar-refractivity contribution < 1.29 is 9.53 Å². The molecule has 0 N–H and O–H groups in total. The molecule has 0 atom stereocenters. The van der Waals surface area contributed by atoms with E-state index in [9.17, 15) is 4.79 Å². The molecule has 1 aliphatic carbocycles. The maximum absolute atomic E-state index is 12.4. The topological polar surface area (TPSA) is 57.0 Å². The zero-order chi connectivity index (χ0) is 25.4. The lowest BCUT2D eigenvalue weighted by Gasteiger charge is -2.25. The fourth-order valence-corrected chi connectivity index (χ4v) is 5.69. The van der Waals surface area contributed by atoms with Gasteiger partial charge in [0.25, 0.3) is 0 Å². The number of rotatable bonds is 5. The molecule has 0 amide bonds. The van der Waals surface area contributed by atoms with Crippen molar-refractivity contribution in [3.8, 4) is 22.6 Å². The number of fused-ring (bicyclic) bond motifs is 2. The molecule has 0 spiro atoms. The highest BCUT2D eigenvalue weighted by atomic mass is 35.5. The minimum Gasteiger partial charge on any atom is -0.462 e. The van der Waals surface area contributed by atoms with Crippen molar-refractivity contribution >= 4 is 39.5 Å². The van der Waals surface area contributed by atoms with E-state index in [1.807, 2.05) is 67.6 Å². The summed E-state index contributed by atoms with van der Waals surface area (Å²) in [6.45, 7) is 2.16. The van der Waals surface area contributed by atoms with Gasteiger partial charge in [0, 0.05) is 22.6 Å². The number of pyridine rings is 1. The Morgan fingerprint density at radius 3 is 2.51 bits per heavy atom. The zero-order valence-electron chi connectivity index (χ0n) is 20.8. The third-order valence-electron chi connectivity index (χ3n) is 7.23. The summed E-state index contributed by atoms with van der Waals surface area (Å²) in [7, 11) is 0. The number of nitrogens with zero attached hydrogens (tertiary/aromatic N) is 3. The van der Waals surface area contributed by atoms with Crippen molar-refractivity contribution in [3.63, 3.8) is 0 Å². The minimum atomic E-state index is -0.323. The van der Waals surface area contributed by atoms with Crippen molar-refractivity contribution in [1.82, 2.24) is 14.5 Å². The Bertz CT molecular complexity index is 1600. The molecule has 1 aliphatic rings. The summed E-state index contributed by atoms with van der Waals surface area (Å²) < 4.78 is 7.59. The smallest absolute Gasteiger partial charge is 0.338 e. The van der Waals surface area contributed by atoms with Gasteiger partial charge in [0.15, 0.2) is 0 Å².